The summed E-state index contributed by atoms with van der Waals surface area (Å²) in [5, 5.41) is 19.2. The largest absolute Gasteiger partial charge is 0.588 e. The molecule has 28 heteroatoms. The first-order chi connectivity index (χ1) is 67.7. The van der Waals surface area contributed by atoms with E-state index in [-0.39, 0.29) is 50.4 Å². The third kappa shape index (κ3) is 47.6. The van der Waals surface area contributed by atoms with Gasteiger partial charge in [0, 0.05) is 6.42 Å². The number of phosphoric acid groups is 1. The number of hydrogen-bond donors (Lipinski definition) is 3. The summed E-state index contributed by atoms with van der Waals surface area (Å²) in [4.78, 5) is 91.7. The highest BCUT2D eigenvalue weighted by Gasteiger charge is 2.57. The van der Waals surface area contributed by atoms with Crippen molar-refractivity contribution in [2.24, 2.45) is 0 Å². The van der Waals surface area contributed by atoms with Crippen LogP contribution in [0.4, 0.5) is 9.18 Å². The second-order valence-corrected chi connectivity index (χ2v) is 41.1. The molecule has 6 aromatic rings. The zero-order chi connectivity index (χ0) is 99.2. The minimum absolute atomic E-state index is 0.0503. The molecule has 23 nitrogen and oxygen atoms in total. The van der Waals surface area contributed by atoms with Crippen molar-refractivity contribution < 1.29 is 104 Å². The Labute approximate surface area is 842 Å². The average Bonchev–Trinajstić information content (AvgIpc) is 0.777. The number of amides is 2. The van der Waals surface area contributed by atoms with E-state index < -0.39 is 159 Å². The smallest absolute Gasteiger partial charge is 0.462 e. The van der Waals surface area contributed by atoms with Crippen LogP contribution in [0.1, 0.15) is 345 Å². The van der Waals surface area contributed by atoms with Crippen LogP contribution in [0.25, 0.3) is 0 Å². The number of alkyl halides is 4. The second-order valence-electron chi connectivity index (χ2n) is 37.1. The molecule has 0 unspecified atom stereocenters. The van der Waals surface area contributed by atoms with Gasteiger partial charge in [-0.05, 0) is 78.6 Å². The van der Waals surface area contributed by atoms with Crippen molar-refractivity contribution in [2.45, 2.75) is 419 Å². The van der Waals surface area contributed by atoms with Crippen LogP contribution >= 0.6 is 42.6 Å². The number of hydrogen-bond acceptors (Lipinski definition) is 21. The molecular weight excluding hydrogens is 1850 g/mol. The van der Waals surface area contributed by atoms with Gasteiger partial charge in [-0.15, -0.1) is 0 Å². The summed E-state index contributed by atoms with van der Waals surface area (Å²) in [6, 6.07) is 48.7. The van der Waals surface area contributed by atoms with Gasteiger partial charge in [-0.25, -0.2) is 18.5 Å². The van der Waals surface area contributed by atoms with Crippen molar-refractivity contribution in [3.8, 4) is 11.5 Å². The van der Waals surface area contributed by atoms with Crippen LogP contribution in [0.15, 0.2) is 182 Å². The Kier molecular flexibility index (Phi) is 58.1. The number of ether oxygens (including phenoxy) is 10. The number of unbranched alkanes of at least 4 members (excludes halogenated alkanes) is 34. The zero-order valence-electron chi connectivity index (χ0n) is 82.8. The lowest BCUT2D eigenvalue weighted by molar-refractivity contribution is -0.283. The zero-order valence-corrected chi connectivity index (χ0v) is 86.0. The fourth-order valence-corrected chi connectivity index (χ4v) is 19.2. The lowest BCUT2D eigenvalue weighted by atomic mass is 9.91. The molecule has 2 fully saturated rings. The van der Waals surface area contributed by atoms with Gasteiger partial charge in [-0.1, -0.05) is 451 Å². The van der Waals surface area contributed by atoms with Gasteiger partial charge in [0.05, 0.1) is 51.3 Å². The molecule has 0 spiro atoms. The Morgan fingerprint density at radius 3 is 1.23 bits per heavy atom. The van der Waals surface area contributed by atoms with Crippen LogP contribution in [0.3, 0.4) is 0 Å². The van der Waals surface area contributed by atoms with Gasteiger partial charge in [0.15, 0.2) is 30.7 Å². The van der Waals surface area contributed by atoms with E-state index in [1.165, 1.54) is 82.1 Å². The van der Waals surface area contributed by atoms with Crippen LogP contribution in [0.2, 0.25) is 0 Å². The maximum Gasteiger partial charge on any atom is 0.588 e. The summed E-state index contributed by atoms with van der Waals surface area (Å²) < 4.78 is 115. The van der Waals surface area contributed by atoms with Gasteiger partial charge < -0.3 is 72.2 Å². The minimum Gasteiger partial charge on any atom is -0.462 e. The van der Waals surface area contributed by atoms with E-state index in [2.05, 4.69) is 38.3 Å². The summed E-state index contributed by atoms with van der Waals surface area (Å²) in [6.07, 6.45) is 17.8. The standard InChI is InChI=1S/C111H159Cl3FN2O21P/c1-5-9-13-17-21-25-26-30-34-38-60-76-97(119)130-93(75-55-37-33-29-24-20-16-12-8-4)79-99(121)134-106-101(117-110(124)129-84-111(112,113)114)109(132-94(80-115)104(106)138-139(125,136-89-69-56-43-57-70-89)137-90-71-58-44-59-72-90)128-83-95-102(122)105(133-98(120)78-92(127-82-86-63-47-40-48-64-86)74-54-36-32-28-23-19-15-11-7-3)100(107(131-95)108(123)135-103(87-65-49-41-50-66-87)88-67-51-42-52-68-88)116-96(118)77-91(126-81-85-61-45-39-46-62-85)73-53-35-31-27-22-18-14-10-6-2/h39-52,56-59,61-72,91-95,100-107,109,122H,5-38,53-55,60,73-84H2,1-4H3,(H,116,118)(H,117,124)/t91-,92-,93-,94-,95-,100-,101-,102-,104-,105-,106-,107+,109-/m1/s1. The van der Waals surface area contributed by atoms with Crippen molar-refractivity contribution in [1.29, 1.82) is 0 Å². The summed E-state index contributed by atoms with van der Waals surface area (Å²) >= 11 is 18.7. The maximum absolute atomic E-state index is 17.0. The van der Waals surface area contributed by atoms with E-state index in [9.17, 15) is 14.7 Å². The molecule has 0 aliphatic carbocycles. The van der Waals surface area contributed by atoms with Crippen LogP contribution in [-0.2, 0) is 93.6 Å². The van der Waals surface area contributed by atoms with Crippen LogP contribution in [0, 0.1) is 0 Å². The molecule has 0 saturated carbocycles. The number of para-hydroxylation sites is 2. The number of benzene rings is 6. The third-order valence-corrected chi connectivity index (χ3v) is 27.0. The highest BCUT2D eigenvalue weighted by atomic mass is 35.6. The van der Waals surface area contributed by atoms with E-state index in [1.54, 1.807) is 97.1 Å². The molecule has 2 aliphatic rings. The molecule has 772 valence electrons. The summed E-state index contributed by atoms with van der Waals surface area (Å²) in [5.41, 5.74) is 2.78. The van der Waals surface area contributed by atoms with E-state index in [0.717, 1.165) is 178 Å². The van der Waals surface area contributed by atoms with E-state index in [0.29, 0.717) is 43.2 Å². The Hall–Kier alpha value is -7.71. The van der Waals surface area contributed by atoms with Crippen molar-refractivity contribution >= 4 is 78.5 Å². The van der Waals surface area contributed by atoms with Crippen molar-refractivity contribution in [3.05, 3.63) is 204 Å². The molecule has 8 rings (SSSR count). The second kappa shape index (κ2) is 69.3. The Morgan fingerprint density at radius 1 is 0.424 bits per heavy atom. The Bertz CT molecular complexity index is 4230. The normalized spacial score (nSPS) is 18.9. The number of alkyl carbamates (subject to hydrolysis) is 1. The number of rotatable bonds is 74. The Morgan fingerprint density at radius 2 is 0.806 bits per heavy atom. The van der Waals surface area contributed by atoms with E-state index >= 15 is 28.1 Å². The highest BCUT2D eigenvalue weighted by Crippen LogP contribution is 2.53. The molecule has 3 N–H and O–H groups in total. The molecule has 0 radical (unpaired) electrons. The number of halogens is 4. The van der Waals surface area contributed by atoms with Gasteiger partial charge in [0.1, 0.15) is 67.4 Å². The fourth-order valence-electron chi connectivity index (χ4n) is 17.6. The molecule has 139 heavy (non-hydrogen) atoms. The van der Waals surface area contributed by atoms with Crippen molar-refractivity contribution in [2.75, 3.05) is 19.9 Å². The molecule has 6 aromatic carbocycles. The van der Waals surface area contributed by atoms with Gasteiger partial charge in [-0.2, -0.15) is 0 Å². The maximum atomic E-state index is 17.0. The number of nitrogens with one attached hydrogen (secondary N) is 2. The number of aliphatic hydroxyl groups excluding tert-OH is 1. The number of carbonyl (C=O) groups excluding carboxylic acids is 6. The number of esters is 4. The quantitative estimate of drug-likeness (QED) is 0.0105. The van der Waals surface area contributed by atoms with Gasteiger partial charge in [0.25, 0.3) is 0 Å². The van der Waals surface area contributed by atoms with Gasteiger partial charge in [-0.3, -0.25) is 23.7 Å². The van der Waals surface area contributed by atoms with E-state index in [1.807, 2.05) is 60.7 Å². The molecule has 2 aliphatic heterocycles. The summed E-state index contributed by atoms with van der Waals surface area (Å²) in [6.45, 7) is 5.67. The molecule has 2 saturated heterocycles. The van der Waals surface area contributed by atoms with Crippen LogP contribution in [0.5, 0.6) is 11.5 Å². The lowest BCUT2D eigenvalue weighted by Gasteiger charge is -2.46. The number of phosphoric ester groups is 1. The number of carbonyl (C=O) groups is 6. The first kappa shape index (κ1) is 117. The summed E-state index contributed by atoms with van der Waals surface area (Å²) in [5.74, 6) is -4.38. The molecule has 13 atom stereocenters. The van der Waals surface area contributed by atoms with Crippen LogP contribution in [-0.4, -0.2) is 144 Å². The van der Waals surface area contributed by atoms with Crippen molar-refractivity contribution in [3.63, 3.8) is 0 Å². The van der Waals surface area contributed by atoms with Gasteiger partial charge in [0.2, 0.25) is 9.70 Å². The third-order valence-electron chi connectivity index (χ3n) is 25.3. The predicted molar refractivity (Wildman–Crippen MR) is 543 cm³/mol. The average molecular weight is 2010 g/mol. The molecule has 2 heterocycles. The monoisotopic (exact) mass is 2010 g/mol. The SMILES string of the molecule is CCCCCCCCCCCCCC(=O)O[C@H](CCCCCCCCCCC)CC(=O)O[C@@H]1[C@@H](NC(=O)OCC(Cl)(Cl)Cl)[C@H](OC[C@H]2O[C@H](C(=O)OC(c3ccccc3)c3ccccc3)[C@H](NC(=O)C[C@@H](CCCCCCCCCCC)OCc3ccccc3)[C@@H](OC(=O)C[C@@H](CCCCCCCCCCC)OCc3ccccc3)[C@@H]2O)O[C@H](CF)[C@H]1OP(=O)(Oc1ccccc1)Oc1ccccc1. The minimum atomic E-state index is -5.24. The van der Waals surface area contributed by atoms with Crippen molar-refractivity contribution in [1.82, 2.24) is 10.6 Å². The first-order valence-electron chi connectivity index (χ1n) is 52.1. The molecular formula is C111H159Cl3FN2O21P. The molecule has 0 aromatic heterocycles. The predicted octanol–water partition coefficient (Wildman–Crippen LogP) is 27.3. The fraction of sp³-hybridized carbons (Fsp3) is 0.622. The van der Waals surface area contributed by atoms with Gasteiger partial charge >= 0.3 is 37.8 Å². The van der Waals surface area contributed by atoms with Crippen LogP contribution < -0.4 is 19.7 Å². The Balaban J connectivity index is 1.22. The molecule has 2 amide bonds. The summed E-state index contributed by atoms with van der Waals surface area (Å²) in [7, 11) is -5.24. The van der Waals surface area contributed by atoms with E-state index in [4.69, 9.17) is 95.7 Å². The molecule has 0 bridgehead atoms. The lowest BCUT2D eigenvalue weighted by Crippen LogP contribution is -2.68. The highest BCUT2D eigenvalue weighted by molar-refractivity contribution is 7.49. The number of aliphatic hydroxyl groups is 1. The first-order valence-corrected chi connectivity index (χ1v) is 54.7. The topological polar surface area (TPSA) is 284 Å².